The third kappa shape index (κ3) is 2.12. The van der Waals surface area contributed by atoms with Crippen LogP contribution in [0, 0.1) is 4.91 Å². The van der Waals surface area contributed by atoms with Crippen molar-refractivity contribution in [1.29, 1.82) is 0 Å². The molecule has 0 spiro atoms. The van der Waals surface area contributed by atoms with Gasteiger partial charge in [0.2, 0.25) is 0 Å². The molecule has 5 heteroatoms. The molecule has 1 aliphatic heterocycles. The number of fused-ring (bicyclic) bond motifs is 1. The number of allylic oxidation sites excluding steroid dienone is 3. The van der Waals surface area contributed by atoms with Crippen LogP contribution in [-0.4, -0.2) is 4.76 Å². The molecule has 0 saturated carbocycles. The molecule has 0 fully saturated rings. The van der Waals surface area contributed by atoms with Crippen LogP contribution >= 0.6 is 11.3 Å². The van der Waals surface area contributed by atoms with E-state index < -0.39 is 0 Å². The molecule has 0 aromatic carbocycles. The molecule has 0 amide bonds. The Balaban J connectivity index is 2.05. The van der Waals surface area contributed by atoms with Crippen molar-refractivity contribution in [3.8, 4) is 0 Å². The van der Waals surface area contributed by atoms with Gasteiger partial charge in [0.1, 0.15) is 11.5 Å². The molecular formula is C14H16FN2OS+. The number of hydrogen-bond acceptors (Lipinski definition) is 3. The summed E-state index contributed by atoms with van der Waals surface area (Å²) >= 11 is 1.55. The minimum Gasteiger partial charge on any atom is -0.375 e. The lowest BCUT2D eigenvalue weighted by Gasteiger charge is -2.09. The smallest absolute Gasteiger partial charge is 0.323 e. The Bertz CT molecular complexity index is 613. The average Bonchev–Trinajstić information content (AvgIpc) is 2.75. The number of thiophene rings is 1. The molecule has 1 aliphatic carbocycles. The standard InChI is InChI=1S/C14H16FN2OS/c1-8(2)13-5-9-7-16-11-6-10(15)3-4-12(11)17(18)14(9)19-13/h5-6,8,16H,3-4,7H2,1-2H3/q+1. The molecule has 0 atom stereocenters. The first-order chi connectivity index (χ1) is 9.06. The topological polar surface area (TPSA) is 32.1 Å². The first kappa shape index (κ1) is 12.5. The highest BCUT2D eigenvalue weighted by molar-refractivity contribution is 7.15. The monoisotopic (exact) mass is 279 g/mol. The maximum Gasteiger partial charge on any atom is 0.323 e. The third-order valence-corrected chi connectivity index (χ3v) is 4.93. The molecule has 0 radical (unpaired) electrons. The third-order valence-electron chi connectivity index (χ3n) is 3.49. The van der Waals surface area contributed by atoms with Crippen molar-refractivity contribution in [2.45, 2.75) is 39.2 Å². The summed E-state index contributed by atoms with van der Waals surface area (Å²) in [5, 5.41) is 3.93. The molecule has 19 heavy (non-hydrogen) atoms. The Morgan fingerprint density at radius 1 is 1.42 bits per heavy atom. The van der Waals surface area contributed by atoms with E-state index in [4.69, 9.17) is 0 Å². The van der Waals surface area contributed by atoms with Gasteiger partial charge in [0.05, 0.1) is 10.3 Å². The quantitative estimate of drug-likeness (QED) is 0.780. The molecule has 1 N–H and O–H groups in total. The highest BCUT2D eigenvalue weighted by Crippen LogP contribution is 2.40. The minimum atomic E-state index is -0.159. The fourth-order valence-electron chi connectivity index (χ4n) is 2.38. The zero-order valence-electron chi connectivity index (χ0n) is 11.0. The highest BCUT2D eigenvalue weighted by Gasteiger charge is 2.35. The van der Waals surface area contributed by atoms with Crippen molar-refractivity contribution in [2.24, 2.45) is 0 Å². The summed E-state index contributed by atoms with van der Waals surface area (Å²) in [6.07, 6.45) is 2.23. The maximum absolute atomic E-state index is 13.3. The van der Waals surface area contributed by atoms with Crippen LogP contribution in [0.4, 0.5) is 9.39 Å². The van der Waals surface area contributed by atoms with Gasteiger partial charge in [-0.05, 0) is 18.1 Å². The van der Waals surface area contributed by atoms with E-state index >= 15 is 0 Å². The molecule has 1 aromatic rings. The Morgan fingerprint density at radius 3 is 2.95 bits per heavy atom. The summed E-state index contributed by atoms with van der Waals surface area (Å²) in [5.41, 5.74) is 2.29. The van der Waals surface area contributed by atoms with Crippen LogP contribution in [0.3, 0.4) is 0 Å². The largest absolute Gasteiger partial charge is 0.375 e. The van der Waals surface area contributed by atoms with Gasteiger partial charge in [-0.25, -0.2) is 4.39 Å². The van der Waals surface area contributed by atoms with Crippen LogP contribution in [-0.2, 0) is 6.54 Å². The summed E-state index contributed by atoms with van der Waals surface area (Å²) < 4.78 is 14.3. The maximum atomic E-state index is 13.3. The average molecular weight is 279 g/mol. The van der Waals surface area contributed by atoms with Crippen molar-refractivity contribution in [3.05, 3.63) is 44.7 Å². The summed E-state index contributed by atoms with van der Waals surface area (Å²) in [4.78, 5) is 13.7. The van der Waals surface area contributed by atoms with E-state index in [2.05, 4.69) is 25.2 Å². The summed E-state index contributed by atoms with van der Waals surface area (Å²) in [5.74, 6) is 0.259. The van der Waals surface area contributed by atoms with Gasteiger partial charge in [-0.15, -0.1) is 0 Å². The van der Waals surface area contributed by atoms with Gasteiger partial charge in [-0.2, -0.15) is 0 Å². The van der Waals surface area contributed by atoms with Crippen molar-refractivity contribution in [1.82, 2.24) is 5.32 Å². The van der Waals surface area contributed by atoms with Gasteiger partial charge in [-0.3, -0.25) is 0 Å². The van der Waals surface area contributed by atoms with Crippen molar-refractivity contribution in [3.63, 3.8) is 0 Å². The lowest BCUT2D eigenvalue weighted by Crippen LogP contribution is -2.15. The number of hydrogen-bond donors (Lipinski definition) is 1. The first-order valence-corrected chi connectivity index (χ1v) is 7.31. The fraction of sp³-hybridized carbons (Fsp3) is 0.429. The van der Waals surface area contributed by atoms with E-state index in [0.717, 1.165) is 15.3 Å². The molecule has 3 nitrogen and oxygen atoms in total. The van der Waals surface area contributed by atoms with E-state index in [1.54, 1.807) is 11.3 Å². The lowest BCUT2D eigenvalue weighted by molar-refractivity contribution is -0.407. The predicted molar refractivity (Wildman–Crippen MR) is 74.0 cm³/mol. The molecule has 0 saturated heterocycles. The van der Waals surface area contributed by atoms with Crippen molar-refractivity contribution < 1.29 is 9.15 Å². The van der Waals surface area contributed by atoms with Gasteiger partial charge < -0.3 is 5.32 Å². The second kappa shape index (κ2) is 4.56. The Kier molecular flexibility index (Phi) is 3.01. The zero-order chi connectivity index (χ0) is 13.6. The van der Waals surface area contributed by atoms with Crippen LogP contribution in [0.15, 0.2) is 29.4 Å². The number of rotatable bonds is 1. The molecule has 3 rings (SSSR count). The summed E-state index contributed by atoms with van der Waals surface area (Å²) in [6, 6.07) is 2.08. The van der Waals surface area contributed by atoms with Crippen LogP contribution in [0.5, 0.6) is 0 Å². The minimum absolute atomic E-state index is 0.159. The number of nitrogens with one attached hydrogen (secondary N) is 1. The van der Waals surface area contributed by atoms with E-state index in [9.17, 15) is 9.30 Å². The molecule has 2 aliphatic rings. The SMILES string of the molecule is CC(C)c1cc2c(s1)[N+](=O)C1=C(C=C(F)CC1)NC2. The molecule has 0 bridgehead atoms. The molecule has 100 valence electrons. The van der Waals surface area contributed by atoms with Crippen molar-refractivity contribution >= 4 is 16.3 Å². The van der Waals surface area contributed by atoms with Gasteiger partial charge in [0.25, 0.3) is 5.70 Å². The van der Waals surface area contributed by atoms with Crippen LogP contribution in [0.25, 0.3) is 0 Å². The van der Waals surface area contributed by atoms with Crippen molar-refractivity contribution in [2.75, 3.05) is 0 Å². The predicted octanol–water partition coefficient (Wildman–Crippen LogP) is 4.24. The lowest BCUT2D eigenvalue weighted by atomic mass is 10.1. The van der Waals surface area contributed by atoms with Gasteiger partial charge in [0.15, 0.2) is 0 Å². The second-order valence-electron chi connectivity index (χ2n) is 5.23. The van der Waals surface area contributed by atoms with Crippen LogP contribution < -0.4 is 5.32 Å². The second-order valence-corrected chi connectivity index (χ2v) is 6.30. The summed E-state index contributed by atoms with van der Waals surface area (Å²) in [6.45, 7) is 4.83. The van der Waals surface area contributed by atoms with Gasteiger partial charge in [0, 0.05) is 29.2 Å². The molecule has 2 heterocycles. The molecule has 1 aromatic heterocycles. The van der Waals surface area contributed by atoms with E-state index in [1.165, 1.54) is 11.0 Å². The van der Waals surface area contributed by atoms with Gasteiger partial charge in [-0.1, -0.05) is 25.2 Å². The van der Waals surface area contributed by atoms with Crippen LogP contribution in [0.2, 0.25) is 0 Å². The zero-order valence-corrected chi connectivity index (χ0v) is 11.8. The number of nitrogens with zero attached hydrogens (tertiary/aromatic N) is 1. The van der Waals surface area contributed by atoms with E-state index in [0.29, 0.717) is 36.7 Å². The number of halogens is 1. The normalized spacial score (nSPS) is 18.7. The Hall–Kier alpha value is -1.49. The fourth-order valence-corrected chi connectivity index (χ4v) is 3.50. The highest BCUT2D eigenvalue weighted by atomic mass is 32.1. The van der Waals surface area contributed by atoms with Crippen LogP contribution in [0.1, 0.15) is 43.0 Å². The van der Waals surface area contributed by atoms with Gasteiger partial charge >= 0.3 is 5.00 Å². The summed E-state index contributed by atoms with van der Waals surface area (Å²) in [7, 11) is 0. The first-order valence-electron chi connectivity index (χ1n) is 6.49. The van der Waals surface area contributed by atoms with E-state index in [-0.39, 0.29) is 5.83 Å². The van der Waals surface area contributed by atoms with E-state index in [1.807, 2.05) is 0 Å². The molecular weight excluding hydrogens is 263 g/mol. The Morgan fingerprint density at radius 2 is 2.21 bits per heavy atom. The molecule has 0 unspecified atom stereocenters. The number of nitroso groups, excluding NO2 is 1. The Labute approximate surface area is 115 Å².